The molecule has 0 N–H and O–H groups in total. The van der Waals surface area contributed by atoms with E-state index in [2.05, 4.69) is 4.18 Å². The lowest BCUT2D eigenvalue weighted by atomic mass is 9.95. The maximum atomic E-state index is 13.9. The Morgan fingerprint density at radius 2 is 1.74 bits per heavy atom. The van der Waals surface area contributed by atoms with Crippen molar-refractivity contribution in [3.63, 3.8) is 0 Å². The monoisotopic (exact) mass is 466 g/mol. The minimum absolute atomic E-state index is 0.0683. The molecule has 0 aliphatic carbocycles. The van der Waals surface area contributed by atoms with Gasteiger partial charge >= 0.3 is 21.6 Å². The first-order valence-electron chi connectivity index (χ1n) is 9.15. The fourth-order valence-corrected chi connectivity index (χ4v) is 3.35. The molecule has 2 aromatic rings. The summed E-state index contributed by atoms with van der Waals surface area (Å²) in [6.07, 6.45) is -1.63. The van der Waals surface area contributed by atoms with Gasteiger partial charge in [0.15, 0.2) is 11.9 Å². The summed E-state index contributed by atoms with van der Waals surface area (Å²) in [5, 5.41) is -0.0753. The van der Waals surface area contributed by atoms with Gasteiger partial charge in [0, 0.05) is 10.9 Å². The second-order valence-electron chi connectivity index (χ2n) is 7.65. The topological polar surface area (TPSA) is 78.9 Å². The maximum Gasteiger partial charge on any atom is 0.534 e. The number of aryl methyl sites for hydroxylation is 1. The summed E-state index contributed by atoms with van der Waals surface area (Å²) >= 11 is 0. The van der Waals surface area contributed by atoms with Crippen LogP contribution >= 0.6 is 0 Å². The van der Waals surface area contributed by atoms with Gasteiger partial charge in [-0.05, 0) is 57.7 Å². The van der Waals surface area contributed by atoms with Gasteiger partial charge in [-0.3, -0.25) is 0 Å². The van der Waals surface area contributed by atoms with Gasteiger partial charge in [-0.15, -0.1) is 0 Å². The molecule has 31 heavy (non-hydrogen) atoms. The number of rotatable bonds is 6. The number of halogens is 4. The minimum Gasteiger partial charge on any atom is -0.464 e. The zero-order valence-corrected chi connectivity index (χ0v) is 18.3. The second-order valence-corrected chi connectivity index (χ2v) is 9.19. The molecule has 0 bridgehead atoms. The Hall–Kier alpha value is -2.40. The fourth-order valence-electron chi connectivity index (χ4n) is 2.86. The van der Waals surface area contributed by atoms with Crippen molar-refractivity contribution in [3.8, 4) is 5.75 Å². The second kappa shape index (κ2) is 8.62. The highest BCUT2D eigenvalue weighted by Gasteiger charge is 2.49. The van der Waals surface area contributed by atoms with E-state index in [9.17, 15) is 30.8 Å². The molecule has 0 saturated heterocycles. The van der Waals surface area contributed by atoms with Crippen LogP contribution in [0.25, 0.3) is 10.8 Å². The van der Waals surface area contributed by atoms with E-state index in [4.69, 9.17) is 9.47 Å². The van der Waals surface area contributed by atoms with Crippen LogP contribution in [0.5, 0.6) is 5.75 Å². The lowest BCUT2D eigenvalue weighted by Crippen LogP contribution is -2.31. The number of alkyl halides is 3. The smallest absolute Gasteiger partial charge is 0.464 e. The van der Waals surface area contributed by atoms with Crippen LogP contribution < -0.4 is 4.18 Å². The third-order valence-corrected chi connectivity index (χ3v) is 4.97. The van der Waals surface area contributed by atoms with Crippen LogP contribution in [0.4, 0.5) is 17.6 Å². The average Bonchev–Trinajstić information content (AvgIpc) is 2.59. The zero-order chi connectivity index (χ0) is 23.8. The highest BCUT2D eigenvalue weighted by atomic mass is 32.2. The molecular formula is C20H22F4O6S. The number of fused-ring (bicyclic) bond motifs is 1. The fraction of sp³-hybridized carbons (Fsp3) is 0.450. The number of esters is 1. The Kier molecular flexibility index (Phi) is 6.91. The van der Waals surface area contributed by atoms with Gasteiger partial charge in [0.25, 0.3) is 0 Å². The molecular weight excluding hydrogens is 444 g/mol. The van der Waals surface area contributed by atoms with Gasteiger partial charge < -0.3 is 13.7 Å². The molecule has 2 rings (SSSR count). The van der Waals surface area contributed by atoms with Crippen molar-refractivity contribution in [1.82, 2.24) is 0 Å². The van der Waals surface area contributed by atoms with Crippen molar-refractivity contribution in [2.75, 3.05) is 6.61 Å². The van der Waals surface area contributed by atoms with Crippen LogP contribution in [0.15, 0.2) is 24.3 Å². The van der Waals surface area contributed by atoms with E-state index in [1.165, 1.54) is 26.0 Å². The van der Waals surface area contributed by atoms with Gasteiger partial charge in [-0.25, -0.2) is 9.18 Å². The van der Waals surface area contributed by atoms with Gasteiger partial charge in [-0.2, -0.15) is 21.6 Å². The van der Waals surface area contributed by atoms with Crippen molar-refractivity contribution in [1.29, 1.82) is 0 Å². The zero-order valence-electron chi connectivity index (χ0n) is 17.5. The predicted molar refractivity (Wildman–Crippen MR) is 104 cm³/mol. The summed E-state index contributed by atoms with van der Waals surface area (Å²) < 4.78 is 91.9. The van der Waals surface area contributed by atoms with Crippen LogP contribution in [-0.4, -0.2) is 32.1 Å². The number of hydrogen-bond donors (Lipinski definition) is 0. The van der Waals surface area contributed by atoms with Crippen molar-refractivity contribution in [3.05, 3.63) is 41.2 Å². The SMILES string of the molecule is CCOC(=O)C(OC(C)(C)C)c1c(C)cc2ccc(F)cc2c1OS(=O)(=O)C(F)(F)F. The van der Waals surface area contributed by atoms with Gasteiger partial charge in [0.2, 0.25) is 0 Å². The summed E-state index contributed by atoms with van der Waals surface area (Å²) in [5.41, 5.74) is -6.85. The van der Waals surface area contributed by atoms with Crippen LogP contribution in [0.3, 0.4) is 0 Å². The van der Waals surface area contributed by atoms with Gasteiger partial charge in [-0.1, -0.05) is 12.1 Å². The van der Waals surface area contributed by atoms with Gasteiger partial charge in [0.1, 0.15) is 5.82 Å². The van der Waals surface area contributed by atoms with E-state index < -0.39 is 44.9 Å². The molecule has 0 heterocycles. The lowest BCUT2D eigenvalue weighted by Gasteiger charge is -2.29. The summed E-state index contributed by atoms with van der Waals surface area (Å²) in [5.74, 6) is -2.67. The minimum atomic E-state index is -6.14. The molecule has 1 atom stereocenters. The van der Waals surface area contributed by atoms with Crippen LogP contribution in [0.2, 0.25) is 0 Å². The van der Waals surface area contributed by atoms with Crippen molar-refractivity contribution in [2.24, 2.45) is 0 Å². The Balaban J connectivity index is 2.90. The highest BCUT2D eigenvalue weighted by Crippen LogP contribution is 2.42. The van der Waals surface area contributed by atoms with Gasteiger partial charge in [0.05, 0.1) is 12.2 Å². The Labute approximate surface area is 177 Å². The molecule has 0 aromatic heterocycles. The molecule has 0 saturated carbocycles. The summed E-state index contributed by atoms with van der Waals surface area (Å²) in [6.45, 7) is 7.64. The van der Waals surface area contributed by atoms with Crippen LogP contribution in [0, 0.1) is 12.7 Å². The Morgan fingerprint density at radius 1 is 1.13 bits per heavy atom. The van der Waals surface area contributed by atoms with Crippen molar-refractivity contribution in [2.45, 2.75) is 51.8 Å². The van der Waals surface area contributed by atoms with E-state index in [1.54, 1.807) is 20.8 Å². The third kappa shape index (κ3) is 5.65. The van der Waals surface area contributed by atoms with Crippen LogP contribution in [-0.2, 0) is 24.4 Å². The number of carbonyl (C=O) groups excluding carboxylic acids is 1. The molecule has 6 nitrogen and oxygen atoms in total. The quantitative estimate of drug-likeness (QED) is 0.260. The number of benzene rings is 2. The molecule has 172 valence electrons. The molecule has 0 aliphatic rings. The average molecular weight is 466 g/mol. The Bertz CT molecular complexity index is 1090. The highest BCUT2D eigenvalue weighted by molar-refractivity contribution is 7.88. The number of hydrogen-bond acceptors (Lipinski definition) is 6. The number of carbonyl (C=O) groups is 1. The van der Waals surface area contributed by atoms with E-state index in [0.29, 0.717) is 0 Å². The maximum absolute atomic E-state index is 13.9. The molecule has 0 amide bonds. The molecule has 0 spiro atoms. The lowest BCUT2D eigenvalue weighted by molar-refractivity contribution is -0.167. The van der Waals surface area contributed by atoms with Crippen molar-refractivity contribution >= 4 is 26.9 Å². The van der Waals surface area contributed by atoms with E-state index >= 15 is 0 Å². The predicted octanol–water partition coefficient (Wildman–Crippen LogP) is 4.94. The largest absolute Gasteiger partial charge is 0.534 e. The van der Waals surface area contributed by atoms with E-state index in [0.717, 1.165) is 12.1 Å². The molecule has 0 radical (unpaired) electrons. The molecule has 11 heteroatoms. The third-order valence-electron chi connectivity index (χ3n) is 4.01. The standard InChI is InChI=1S/C20H22F4O6S/c1-6-28-18(25)17(29-19(3,4)5)15-11(2)9-12-7-8-13(21)10-14(12)16(15)30-31(26,27)20(22,23)24/h7-10,17H,6H2,1-5H3. The molecule has 1 unspecified atom stereocenters. The first-order chi connectivity index (χ1) is 14.1. The normalized spacial score (nSPS) is 13.8. The Morgan fingerprint density at radius 3 is 2.26 bits per heavy atom. The molecule has 0 aliphatic heterocycles. The summed E-state index contributed by atoms with van der Waals surface area (Å²) in [7, 11) is -6.14. The first kappa shape index (κ1) is 24.9. The van der Waals surface area contributed by atoms with E-state index in [1.807, 2.05) is 0 Å². The summed E-state index contributed by atoms with van der Waals surface area (Å²) in [4.78, 5) is 12.6. The van der Waals surface area contributed by atoms with Crippen molar-refractivity contribution < 1.29 is 44.4 Å². The van der Waals surface area contributed by atoms with E-state index in [-0.39, 0.29) is 28.5 Å². The first-order valence-corrected chi connectivity index (χ1v) is 10.6. The molecule has 0 fully saturated rings. The summed E-state index contributed by atoms with van der Waals surface area (Å²) in [6, 6.07) is 4.57. The number of ether oxygens (including phenoxy) is 2. The molecule has 2 aromatic carbocycles. The van der Waals surface area contributed by atoms with Crippen LogP contribution in [0.1, 0.15) is 44.9 Å².